The standard InChI is InChI=1S/C30H34ClFN8O2/c1-20(41)40-10-3-4-21(19-40)30-27(18-26(36-37-30)24-16-22(31)5-6-25(24)32)34-23-7-9-33-28(17-23)35-29(42)8-11-39-14-12-38(2)13-15-39/h4-7,9,16-18H,3,8,10-15,19H2,1-2H3,(H2,33,34,35,36,42). The SMILES string of the molecule is CC(=O)N1CCC=C(c2nnc(-c3cc(Cl)ccc3F)cc2Nc2ccnc(NC(=O)CCN3CCN(C)CC3)c2)C1. The van der Waals surface area contributed by atoms with Gasteiger partial charge in [-0.2, -0.15) is 0 Å². The highest BCUT2D eigenvalue weighted by Gasteiger charge is 2.22. The van der Waals surface area contributed by atoms with Crippen LogP contribution in [-0.2, 0) is 9.59 Å². The fourth-order valence-electron chi connectivity index (χ4n) is 5.00. The molecule has 1 saturated heterocycles. The van der Waals surface area contributed by atoms with Crippen molar-refractivity contribution in [1.29, 1.82) is 0 Å². The Kier molecular flexibility index (Phi) is 9.41. The Hall–Kier alpha value is -3.93. The molecule has 0 bridgehead atoms. The molecular formula is C30H34ClFN8O2. The van der Waals surface area contributed by atoms with E-state index in [0.29, 0.717) is 66.1 Å². The lowest BCUT2D eigenvalue weighted by molar-refractivity contribution is -0.128. The second-order valence-electron chi connectivity index (χ2n) is 10.6. The molecule has 0 spiro atoms. The highest BCUT2D eigenvalue weighted by atomic mass is 35.5. The number of carbonyl (C=O) groups is 2. The largest absolute Gasteiger partial charge is 0.353 e. The van der Waals surface area contributed by atoms with Crippen molar-refractivity contribution in [1.82, 2.24) is 29.9 Å². The summed E-state index contributed by atoms with van der Waals surface area (Å²) < 4.78 is 14.7. The number of nitrogens with zero attached hydrogens (tertiary/aromatic N) is 6. The summed E-state index contributed by atoms with van der Waals surface area (Å²) in [4.78, 5) is 35.4. The summed E-state index contributed by atoms with van der Waals surface area (Å²) in [7, 11) is 2.10. The van der Waals surface area contributed by atoms with Crippen LogP contribution in [-0.4, -0.2) is 94.6 Å². The minimum atomic E-state index is -0.475. The van der Waals surface area contributed by atoms with E-state index in [0.717, 1.165) is 31.8 Å². The predicted octanol–water partition coefficient (Wildman–Crippen LogP) is 4.29. The summed E-state index contributed by atoms with van der Waals surface area (Å²) in [6.45, 7) is 7.14. The minimum absolute atomic E-state index is 0.0252. The summed E-state index contributed by atoms with van der Waals surface area (Å²) in [5.41, 5.74) is 3.10. The van der Waals surface area contributed by atoms with Gasteiger partial charge in [-0.05, 0) is 49.4 Å². The van der Waals surface area contributed by atoms with Crippen LogP contribution in [0.1, 0.15) is 25.5 Å². The number of aromatic nitrogens is 3. The first-order valence-electron chi connectivity index (χ1n) is 14.0. The number of nitrogens with one attached hydrogen (secondary N) is 2. The van der Waals surface area contributed by atoms with Gasteiger partial charge in [0.1, 0.15) is 17.3 Å². The lowest BCUT2D eigenvalue weighted by atomic mass is 10.0. The second-order valence-corrected chi connectivity index (χ2v) is 11.0. The fraction of sp³-hybridized carbons (Fsp3) is 0.367. The van der Waals surface area contributed by atoms with E-state index in [1.165, 1.54) is 25.1 Å². The molecule has 1 fully saturated rings. The highest BCUT2D eigenvalue weighted by molar-refractivity contribution is 6.30. The van der Waals surface area contributed by atoms with Crippen LogP contribution in [0, 0.1) is 5.82 Å². The van der Waals surface area contributed by atoms with Crippen LogP contribution in [0.25, 0.3) is 16.8 Å². The van der Waals surface area contributed by atoms with E-state index in [1.54, 1.807) is 29.3 Å². The Balaban J connectivity index is 1.37. The number of hydrogen-bond donors (Lipinski definition) is 2. The minimum Gasteiger partial charge on any atom is -0.353 e. The van der Waals surface area contributed by atoms with Crippen molar-refractivity contribution in [3.05, 3.63) is 65.2 Å². The van der Waals surface area contributed by atoms with E-state index in [-0.39, 0.29) is 17.4 Å². The number of anilines is 3. The van der Waals surface area contributed by atoms with Crippen LogP contribution >= 0.6 is 11.6 Å². The molecule has 0 atom stereocenters. The quantitative estimate of drug-likeness (QED) is 0.399. The third kappa shape index (κ3) is 7.47. The first-order chi connectivity index (χ1) is 20.2. The lowest BCUT2D eigenvalue weighted by Gasteiger charge is -2.32. The molecule has 2 aliphatic rings. The normalized spacial score (nSPS) is 16.2. The summed E-state index contributed by atoms with van der Waals surface area (Å²) in [6, 6.07) is 9.47. The number of carbonyl (C=O) groups excluding carboxylic acids is 2. The molecule has 12 heteroatoms. The number of pyridine rings is 1. The van der Waals surface area contributed by atoms with Gasteiger partial charge in [-0.1, -0.05) is 17.7 Å². The van der Waals surface area contributed by atoms with Crippen LogP contribution in [0.2, 0.25) is 5.02 Å². The van der Waals surface area contributed by atoms with Crippen LogP contribution in [0.15, 0.2) is 48.7 Å². The van der Waals surface area contributed by atoms with Crippen molar-refractivity contribution in [3.8, 4) is 11.3 Å². The number of halogens is 2. The van der Waals surface area contributed by atoms with Gasteiger partial charge >= 0.3 is 0 Å². The molecule has 5 rings (SSSR count). The number of piperazine rings is 1. The van der Waals surface area contributed by atoms with Gasteiger partial charge in [0.05, 0.1) is 11.4 Å². The second kappa shape index (κ2) is 13.4. The highest BCUT2D eigenvalue weighted by Crippen LogP contribution is 2.32. The van der Waals surface area contributed by atoms with Crippen LogP contribution in [0.4, 0.5) is 21.6 Å². The van der Waals surface area contributed by atoms with Crippen LogP contribution in [0.5, 0.6) is 0 Å². The van der Waals surface area contributed by atoms with Gasteiger partial charge < -0.3 is 25.3 Å². The molecule has 2 aliphatic heterocycles. The first-order valence-corrected chi connectivity index (χ1v) is 14.3. The molecule has 0 aliphatic carbocycles. The maximum Gasteiger partial charge on any atom is 0.226 e. The van der Waals surface area contributed by atoms with Crippen molar-refractivity contribution in [2.24, 2.45) is 0 Å². The molecule has 42 heavy (non-hydrogen) atoms. The number of rotatable bonds is 8. The van der Waals surface area contributed by atoms with Gasteiger partial charge in [-0.25, -0.2) is 9.37 Å². The van der Waals surface area contributed by atoms with Gasteiger partial charge in [0.25, 0.3) is 0 Å². The van der Waals surface area contributed by atoms with E-state index >= 15 is 0 Å². The summed E-state index contributed by atoms with van der Waals surface area (Å²) in [5, 5.41) is 15.4. The summed E-state index contributed by atoms with van der Waals surface area (Å²) >= 11 is 6.14. The molecule has 1 aromatic carbocycles. The molecule has 10 nitrogen and oxygen atoms in total. The van der Waals surface area contributed by atoms with E-state index in [1.807, 2.05) is 6.08 Å². The van der Waals surface area contributed by atoms with E-state index in [4.69, 9.17) is 11.6 Å². The smallest absolute Gasteiger partial charge is 0.226 e. The summed E-state index contributed by atoms with van der Waals surface area (Å²) in [5.74, 6) is -0.201. The summed E-state index contributed by atoms with van der Waals surface area (Å²) in [6.07, 6.45) is 4.69. The molecule has 2 N–H and O–H groups in total. The number of likely N-dealkylation sites (N-methyl/N-ethyl adjacent to an activating group) is 1. The van der Waals surface area contributed by atoms with E-state index in [9.17, 15) is 14.0 Å². The zero-order chi connectivity index (χ0) is 29.6. The number of amides is 2. The zero-order valence-corrected chi connectivity index (χ0v) is 24.5. The van der Waals surface area contributed by atoms with Crippen molar-refractivity contribution in [2.45, 2.75) is 19.8 Å². The maximum absolute atomic E-state index is 14.7. The predicted molar refractivity (Wildman–Crippen MR) is 162 cm³/mol. The third-order valence-corrected chi connectivity index (χ3v) is 7.69. The Bertz CT molecular complexity index is 1490. The van der Waals surface area contributed by atoms with Crippen LogP contribution in [0.3, 0.4) is 0 Å². The molecule has 2 amide bonds. The Morgan fingerprint density at radius 2 is 1.86 bits per heavy atom. The van der Waals surface area contributed by atoms with Crippen molar-refractivity contribution in [2.75, 3.05) is 63.5 Å². The Morgan fingerprint density at radius 3 is 2.64 bits per heavy atom. The van der Waals surface area contributed by atoms with Gasteiger partial charge in [0, 0.05) is 87.7 Å². The lowest BCUT2D eigenvalue weighted by Crippen LogP contribution is -2.45. The number of benzene rings is 1. The molecule has 4 heterocycles. The van der Waals surface area contributed by atoms with Crippen LogP contribution < -0.4 is 10.6 Å². The van der Waals surface area contributed by atoms with Crippen molar-refractivity contribution in [3.63, 3.8) is 0 Å². The van der Waals surface area contributed by atoms with Gasteiger partial charge in [0.15, 0.2) is 0 Å². The maximum atomic E-state index is 14.7. The fourth-order valence-corrected chi connectivity index (χ4v) is 5.17. The topological polar surface area (TPSA) is 107 Å². The van der Waals surface area contributed by atoms with Gasteiger partial charge in [-0.3, -0.25) is 9.59 Å². The average Bonchev–Trinajstić information content (AvgIpc) is 2.98. The molecule has 0 saturated carbocycles. The van der Waals surface area contributed by atoms with Gasteiger partial charge in [-0.15, -0.1) is 10.2 Å². The zero-order valence-electron chi connectivity index (χ0n) is 23.7. The number of hydrogen-bond acceptors (Lipinski definition) is 8. The Morgan fingerprint density at radius 1 is 1.05 bits per heavy atom. The monoisotopic (exact) mass is 592 g/mol. The van der Waals surface area contributed by atoms with E-state index < -0.39 is 5.82 Å². The molecule has 2 aromatic heterocycles. The van der Waals surface area contributed by atoms with Gasteiger partial charge in [0.2, 0.25) is 11.8 Å². The van der Waals surface area contributed by atoms with Crippen molar-refractivity contribution < 1.29 is 14.0 Å². The first kappa shape index (κ1) is 29.6. The Labute approximate surface area is 249 Å². The molecular weight excluding hydrogens is 559 g/mol. The average molecular weight is 593 g/mol. The van der Waals surface area contributed by atoms with Crippen molar-refractivity contribution >= 4 is 46.2 Å². The molecule has 3 aromatic rings. The molecule has 220 valence electrons. The molecule has 0 unspecified atom stereocenters. The molecule has 0 radical (unpaired) electrons. The van der Waals surface area contributed by atoms with E-state index in [2.05, 4.69) is 42.7 Å². The third-order valence-electron chi connectivity index (χ3n) is 7.46.